The van der Waals surface area contributed by atoms with E-state index in [0.717, 1.165) is 31.2 Å². The van der Waals surface area contributed by atoms with E-state index in [0.29, 0.717) is 68.0 Å². The first-order valence-corrected chi connectivity index (χ1v) is 16.7. The maximum Gasteiger partial charge on any atom is 0.338 e. The SMILES string of the molecule is C=C(C)C(=O)Oc1ccc(C(C)(C)c2cc(OCCC)c(OC(=O)C(=C)C)c(OCCC)c2OCCC)c(OCCC)c1OCCC. The third-order valence-electron chi connectivity index (χ3n) is 6.94. The van der Waals surface area contributed by atoms with Crippen LogP contribution in [0.4, 0.5) is 0 Å². The lowest BCUT2D eigenvalue weighted by atomic mass is 9.76. The average molecular weight is 655 g/mol. The first kappa shape index (κ1) is 39.0. The molecule has 0 atom stereocenters. The number of ether oxygens (including phenoxy) is 7. The minimum Gasteiger partial charge on any atom is -0.490 e. The molecule has 0 unspecified atom stereocenters. The monoisotopic (exact) mass is 654 g/mol. The number of esters is 2. The molecule has 0 saturated carbocycles. The van der Waals surface area contributed by atoms with Crippen LogP contribution in [0.5, 0.6) is 40.2 Å². The average Bonchev–Trinajstić information content (AvgIpc) is 3.03. The fourth-order valence-corrected chi connectivity index (χ4v) is 4.48. The van der Waals surface area contributed by atoms with Gasteiger partial charge in [-0.1, -0.05) is 67.7 Å². The van der Waals surface area contributed by atoms with Crippen LogP contribution in [0.1, 0.15) is 106 Å². The van der Waals surface area contributed by atoms with Crippen molar-refractivity contribution < 1.29 is 42.7 Å². The molecule has 0 aliphatic heterocycles. The third-order valence-corrected chi connectivity index (χ3v) is 6.94. The van der Waals surface area contributed by atoms with E-state index in [4.69, 9.17) is 33.2 Å². The summed E-state index contributed by atoms with van der Waals surface area (Å²) in [6, 6.07) is 5.41. The molecular formula is C38H54O9. The van der Waals surface area contributed by atoms with Gasteiger partial charge >= 0.3 is 11.9 Å². The molecule has 0 aromatic heterocycles. The molecule has 0 spiro atoms. The summed E-state index contributed by atoms with van der Waals surface area (Å²) < 4.78 is 43.2. The normalized spacial score (nSPS) is 11.0. The topological polar surface area (TPSA) is 98.8 Å². The van der Waals surface area contributed by atoms with Crippen molar-refractivity contribution in [1.82, 2.24) is 0 Å². The molecule has 0 fully saturated rings. The van der Waals surface area contributed by atoms with Crippen molar-refractivity contribution in [3.8, 4) is 40.2 Å². The Balaban J connectivity index is 3.05. The molecule has 0 radical (unpaired) electrons. The highest BCUT2D eigenvalue weighted by molar-refractivity contribution is 5.90. The van der Waals surface area contributed by atoms with Crippen LogP contribution in [-0.2, 0) is 15.0 Å². The van der Waals surface area contributed by atoms with E-state index in [-0.39, 0.29) is 28.4 Å². The molecule has 0 saturated heterocycles. The van der Waals surface area contributed by atoms with Crippen molar-refractivity contribution in [2.75, 3.05) is 33.0 Å². The largest absolute Gasteiger partial charge is 0.490 e. The van der Waals surface area contributed by atoms with E-state index in [2.05, 4.69) is 13.2 Å². The number of hydrogen-bond acceptors (Lipinski definition) is 9. The van der Waals surface area contributed by atoms with Gasteiger partial charge in [0, 0.05) is 27.7 Å². The van der Waals surface area contributed by atoms with Gasteiger partial charge in [-0.05, 0) is 58.1 Å². The van der Waals surface area contributed by atoms with E-state index in [1.54, 1.807) is 19.9 Å². The molecule has 0 aliphatic rings. The second kappa shape index (κ2) is 18.9. The van der Waals surface area contributed by atoms with Crippen LogP contribution < -0.4 is 33.2 Å². The molecule has 2 aromatic rings. The number of benzene rings is 2. The predicted molar refractivity (Wildman–Crippen MR) is 185 cm³/mol. The Hall–Kier alpha value is -4.14. The van der Waals surface area contributed by atoms with Gasteiger partial charge in [0.1, 0.15) is 0 Å². The van der Waals surface area contributed by atoms with Crippen molar-refractivity contribution in [3.63, 3.8) is 0 Å². The van der Waals surface area contributed by atoms with Crippen molar-refractivity contribution >= 4 is 11.9 Å². The molecule has 0 N–H and O–H groups in total. The lowest BCUT2D eigenvalue weighted by molar-refractivity contribution is -0.131. The summed E-state index contributed by atoms with van der Waals surface area (Å²) in [4.78, 5) is 25.5. The van der Waals surface area contributed by atoms with Crippen LogP contribution in [0, 0.1) is 0 Å². The van der Waals surface area contributed by atoms with Crippen molar-refractivity contribution in [2.24, 2.45) is 0 Å². The van der Waals surface area contributed by atoms with E-state index in [1.165, 1.54) is 0 Å². The van der Waals surface area contributed by atoms with Crippen LogP contribution in [0.3, 0.4) is 0 Å². The van der Waals surface area contributed by atoms with Gasteiger partial charge in [0.2, 0.25) is 17.2 Å². The highest BCUT2D eigenvalue weighted by Crippen LogP contribution is 2.55. The van der Waals surface area contributed by atoms with Crippen LogP contribution in [0.2, 0.25) is 0 Å². The van der Waals surface area contributed by atoms with E-state index >= 15 is 0 Å². The Kier molecular flexibility index (Phi) is 15.7. The van der Waals surface area contributed by atoms with Gasteiger partial charge in [-0.25, -0.2) is 9.59 Å². The minimum atomic E-state index is -0.834. The molecule has 2 aromatic carbocycles. The maximum absolute atomic E-state index is 12.9. The molecule has 0 aliphatic carbocycles. The van der Waals surface area contributed by atoms with Crippen LogP contribution in [0.25, 0.3) is 0 Å². The summed E-state index contributed by atoms with van der Waals surface area (Å²) in [6.45, 7) is 26.6. The Morgan fingerprint density at radius 1 is 0.553 bits per heavy atom. The van der Waals surface area contributed by atoms with Gasteiger partial charge in [-0.15, -0.1) is 0 Å². The Bertz CT molecular complexity index is 1390. The third kappa shape index (κ3) is 10.2. The number of hydrogen-bond donors (Lipinski definition) is 0. The molecular weight excluding hydrogens is 600 g/mol. The van der Waals surface area contributed by atoms with Gasteiger partial charge in [0.15, 0.2) is 23.0 Å². The van der Waals surface area contributed by atoms with Gasteiger partial charge in [-0.3, -0.25) is 0 Å². The molecule has 0 heterocycles. The molecule has 0 bridgehead atoms. The van der Waals surface area contributed by atoms with Crippen LogP contribution in [0.15, 0.2) is 42.5 Å². The zero-order chi connectivity index (χ0) is 35.1. The first-order chi connectivity index (χ1) is 22.4. The number of rotatable bonds is 21. The van der Waals surface area contributed by atoms with Gasteiger partial charge in [0.25, 0.3) is 0 Å². The lowest BCUT2D eigenvalue weighted by Crippen LogP contribution is -2.24. The molecule has 9 nitrogen and oxygen atoms in total. The quantitative estimate of drug-likeness (QED) is 0.0742. The highest BCUT2D eigenvalue weighted by Gasteiger charge is 2.37. The fourth-order valence-electron chi connectivity index (χ4n) is 4.48. The van der Waals surface area contributed by atoms with E-state index in [1.807, 2.05) is 60.6 Å². The minimum absolute atomic E-state index is 0.141. The Morgan fingerprint density at radius 3 is 1.47 bits per heavy atom. The number of carbonyl (C=O) groups excluding carboxylic acids is 2. The maximum atomic E-state index is 12.9. The second-order valence-corrected chi connectivity index (χ2v) is 11.9. The molecule has 47 heavy (non-hydrogen) atoms. The summed E-state index contributed by atoms with van der Waals surface area (Å²) >= 11 is 0. The molecule has 260 valence electrons. The zero-order valence-corrected chi connectivity index (χ0v) is 29.9. The van der Waals surface area contributed by atoms with E-state index in [9.17, 15) is 9.59 Å². The van der Waals surface area contributed by atoms with E-state index < -0.39 is 17.4 Å². The summed E-state index contributed by atoms with van der Waals surface area (Å²) in [5.74, 6) is 1.02. The second-order valence-electron chi connectivity index (χ2n) is 11.9. The lowest BCUT2D eigenvalue weighted by Gasteiger charge is -2.33. The summed E-state index contributed by atoms with van der Waals surface area (Å²) in [5.41, 5.74) is 1.13. The smallest absolute Gasteiger partial charge is 0.338 e. The zero-order valence-electron chi connectivity index (χ0n) is 29.9. The van der Waals surface area contributed by atoms with Crippen molar-refractivity contribution in [1.29, 1.82) is 0 Å². The van der Waals surface area contributed by atoms with Crippen molar-refractivity contribution in [3.05, 3.63) is 53.6 Å². The highest BCUT2D eigenvalue weighted by atomic mass is 16.6. The summed E-state index contributed by atoms with van der Waals surface area (Å²) in [7, 11) is 0. The summed E-state index contributed by atoms with van der Waals surface area (Å²) in [5, 5.41) is 0. The first-order valence-electron chi connectivity index (χ1n) is 16.7. The molecule has 0 amide bonds. The van der Waals surface area contributed by atoms with Gasteiger partial charge in [-0.2, -0.15) is 0 Å². The van der Waals surface area contributed by atoms with Crippen LogP contribution in [-0.4, -0.2) is 45.0 Å². The molecule has 2 rings (SSSR count). The Morgan fingerprint density at radius 2 is 0.979 bits per heavy atom. The summed E-state index contributed by atoms with van der Waals surface area (Å²) in [6.07, 6.45) is 3.62. The van der Waals surface area contributed by atoms with Crippen molar-refractivity contribution in [2.45, 2.75) is 99.8 Å². The Labute approximate surface area is 281 Å². The van der Waals surface area contributed by atoms with Gasteiger partial charge < -0.3 is 33.2 Å². The van der Waals surface area contributed by atoms with Crippen LogP contribution >= 0.6 is 0 Å². The predicted octanol–water partition coefficient (Wildman–Crippen LogP) is 8.92. The fraction of sp³-hybridized carbons (Fsp3) is 0.526. The standard InChI is InChI=1S/C38H54O9/c1-12-19-41-30-24-28(32(43-21-14-3)35(45-23-16-5)34(30)47-37(40)26(8)9)38(10,11)27-17-18-29(46-36(39)25(6)7)33(44-22-15-4)31(27)42-20-13-2/h17-18,24H,6,8,12-16,19-23H2,1-5,7,9-11H3. The van der Waals surface area contributed by atoms with Gasteiger partial charge in [0.05, 0.1) is 33.0 Å². The molecule has 9 heteroatoms. The number of carbonyl (C=O) groups is 2.